The summed E-state index contributed by atoms with van der Waals surface area (Å²) in [5, 5.41) is 0. The van der Waals surface area contributed by atoms with Crippen molar-refractivity contribution in [2.24, 2.45) is 22.7 Å². The number of nitrogens with zero attached hydrogens (tertiary/aromatic N) is 1. The summed E-state index contributed by atoms with van der Waals surface area (Å²) in [6.45, 7) is 3.68. The van der Waals surface area contributed by atoms with Gasteiger partial charge >= 0.3 is 11.9 Å². The van der Waals surface area contributed by atoms with Gasteiger partial charge in [-0.3, -0.25) is 14.6 Å². The summed E-state index contributed by atoms with van der Waals surface area (Å²) < 4.78 is 20.8. The Morgan fingerprint density at radius 2 is 1.83 bits per heavy atom. The van der Waals surface area contributed by atoms with Crippen LogP contribution in [0.4, 0.5) is 0 Å². The van der Waals surface area contributed by atoms with Crippen LogP contribution in [0.15, 0.2) is 34.5 Å². The predicted molar refractivity (Wildman–Crippen MR) is 105 cm³/mol. The maximum atomic E-state index is 13.5. The lowest BCUT2D eigenvalue weighted by Crippen LogP contribution is -2.48. The predicted octanol–water partition coefficient (Wildman–Crippen LogP) is 2.41. The van der Waals surface area contributed by atoms with Crippen LogP contribution in [0.1, 0.15) is 31.7 Å². The molecule has 30 heavy (non-hydrogen) atoms. The van der Waals surface area contributed by atoms with Crippen molar-refractivity contribution in [2.45, 2.75) is 26.2 Å². The molecule has 1 aromatic rings. The molecule has 0 N–H and O–H groups in total. The van der Waals surface area contributed by atoms with E-state index in [1.807, 2.05) is 6.92 Å². The Morgan fingerprint density at radius 3 is 2.53 bits per heavy atom. The molecule has 0 aromatic heterocycles. The third kappa shape index (κ3) is 3.07. The highest BCUT2D eigenvalue weighted by atomic mass is 16.7. The van der Waals surface area contributed by atoms with Crippen molar-refractivity contribution in [3.05, 3.63) is 35.0 Å². The molecule has 1 fully saturated rings. The number of methoxy groups -OCH3 is 2. The van der Waals surface area contributed by atoms with E-state index in [1.165, 1.54) is 14.2 Å². The smallest absolute Gasteiger partial charge is 0.336 e. The number of rotatable bonds is 3. The van der Waals surface area contributed by atoms with Crippen LogP contribution in [-0.2, 0) is 23.9 Å². The molecule has 2 heterocycles. The van der Waals surface area contributed by atoms with E-state index in [4.69, 9.17) is 18.9 Å². The van der Waals surface area contributed by atoms with E-state index in [-0.39, 0.29) is 18.5 Å². The van der Waals surface area contributed by atoms with Gasteiger partial charge in [-0.05, 0) is 37.0 Å². The van der Waals surface area contributed by atoms with Crippen LogP contribution in [0, 0.1) is 17.8 Å². The highest BCUT2D eigenvalue weighted by Gasteiger charge is 2.51. The van der Waals surface area contributed by atoms with E-state index in [0.717, 1.165) is 0 Å². The number of fused-ring (bicyclic) bond motifs is 2. The van der Waals surface area contributed by atoms with Gasteiger partial charge < -0.3 is 18.9 Å². The fraction of sp³-hybridized carbons (Fsp3) is 0.455. The van der Waals surface area contributed by atoms with Gasteiger partial charge in [0.2, 0.25) is 6.79 Å². The molecule has 2 aliphatic heterocycles. The van der Waals surface area contributed by atoms with Crippen molar-refractivity contribution in [2.75, 3.05) is 21.0 Å². The molecule has 1 aliphatic carbocycles. The summed E-state index contributed by atoms with van der Waals surface area (Å²) in [5.74, 6) is -2.84. The molecule has 1 aromatic carbocycles. The average molecular weight is 413 g/mol. The Balaban J connectivity index is 1.87. The molecule has 1 unspecified atom stereocenters. The number of hydrogen-bond acceptors (Lipinski definition) is 8. The SMILES string of the molecule is COC(=O)C1=C(C)N=C2C[C@H](C)[C@H](C(=O)OC)C(=O)C2[C@H]1c1ccc2c(c1)OCO2. The number of carbonyl (C=O) groups is 3. The molecule has 8 heteroatoms. The van der Waals surface area contributed by atoms with E-state index >= 15 is 0 Å². The second-order valence-corrected chi connectivity index (χ2v) is 7.75. The first-order valence-corrected chi connectivity index (χ1v) is 9.75. The third-order valence-electron chi connectivity index (χ3n) is 6.03. The highest BCUT2D eigenvalue weighted by molar-refractivity contribution is 6.17. The van der Waals surface area contributed by atoms with Crippen LogP contribution in [0.3, 0.4) is 0 Å². The lowest BCUT2D eigenvalue weighted by Gasteiger charge is -2.39. The molecule has 3 aliphatic rings. The van der Waals surface area contributed by atoms with Crippen molar-refractivity contribution in [3.63, 3.8) is 0 Å². The average Bonchev–Trinajstić information content (AvgIpc) is 3.19. The Bertz CT molecular complexity index is 993. The van der Waals surface area contributed by atoms with Gasteiger partial charge in [-0.15, -0.1) is 0 Å². The molecule has 158 valence electrons. The monoisotopic (exact) mass is 413 g/mol. The zero-order valence-electron chi connectivity index (χ0n) is 17.3. The summed E-state index contributed by atoms with van der Waals surface area (Å²) in [6, 6.07) is 5.32. The number of ketones is 1. The molecule has 1 saturated carbocycles. The minimum Gasteiger partial charge on any atom is -0.468 e. The molecular formula is C22H23NO7. The van der Waals surface area contributed by atoms with Gasteiger partial charge in [-0.2, -0.15) is 0 Å². The maximum Gasteiger partial charge on any atom is 0.336 e. The zero-order valence-corrected chi connectivity index (χ0v) is 17.3. The highest BCUT2D eigenvalue weighted by Crippen LogP contribution is 2.47. The van der Waals surface area contributed by atoms with Crippen LogP contribution >= 0.6 is 0 Å². The van der Waals surface area contributed by atoms with Crippen LogP contribution in [0.2, 0.25) is 0 Å². The molecule has 0 radical (unpaired) electrons. The molecule has 4 rings (SSSR count). The quantitative estimate of drug-likeness (QED) is 0.554. The second kappa shape index (κ2) is 7.59. The zero-order chi connectivity index (χ0) is 21.6. The van der Waals surface area contributed by atoms with E-state index < -0.39 is 29.7 Å². The first-order valence-electron chi connectivity index (χ1n) is 9.75. The first-order chi connectivity index (χ1) is 14.4. The van der Waals surface area contributed by atoms with Crippen molar-refractivity contribution in [1.29, 1.82) is 0 Å². The molecule has 0 saturated heterocycles. The summed E-state index contributed by atoms with van der Waals surface area (Å²) in [4.78, 5) is 43.2. The number of carbonyl (C=O) groups excluding carboxylic acids is 3. The molecule has 0 bridgehead atoms. The number of ether oxygens (including phenoxy) is 4. The van der Waals surface area contributed by atoms with Gasteiger partial charge in [-0.25, -0.2) is 4.79 Å². The van der Waals surface area contributed by atoms with E-state index in [0.29, 0.717) is 40.5 Å². The van der Waals surface area contributed by atoms with E-state index in [9.17, 15) is 14.4 Å². The van der Waals surface area contributed by atoms with Gasteiger partial charge in [-0.1, -0.05) is 13.0 Å². The van der Waals surface area contributed by atoms with Crippen LogP contribution in [0.25, 0.3) is 0 Å². The van der Waals surface area contributed by atoms with Gasteiger partial charge in [0.25, 0.3) is 0 Å². The molecule has 0 spiro atoms. The molecule has 0 amide bonds. The lowest BCUT2D eigenvalue weighted by atomic mass is 9.63. The molecule has 8 nitrogen and oxygen atoms in total. The first kappa shape index (κ1) is 20.1. The fourth-order valence-electron chi connectivity index (χ4n) is 4.68. The normalized spacial score (nSPS) is 27.3. The number of aliphatic imine (C=N–C) groups is 1. The lowest BCUT2D eigenvalue weighted by molar-refractivity contribution is -0.152. The number of Topliss-reactive ketones (excluding diaryl/α,β-unsaturated/α-hetero) is 1. The van der Waals surface area contributed by atoms with Crippen molar-refractivity contribution in [3.8, 4) is 11.5 Å². The Hall–Kier alpha value is -3.16. The summed E-state index contributed by atoms with van der Waals surface area (Å²) >= 11 is 0. The summed E-state index contributed by atoms with van der Waals surface area (Å²) in [6.07, 6.45) is 0.461. The summed E-state index contributed by atoms with van der Waals surface area (Å²) in [5.41, 5.74) is 2.17. The molecular weight excluding hydrogens is 390 g/mol. The molecule has 4 atom stereocenters. The third-order valence-corrected chi connectivity index (χ3v) is 6.03. The second-order valence-electron chi connectivity index (χ2n) is 7.75. The fourth-order valence-corrected chi connectivity index (χ4v) is 4.68. The minimum atomic E-state index is -0.909. The van der Waals surface area contributed by atoms with Crippen molar-refractivity contribution in [1.82, 2.24) is 0 Å². The summed E-state index contributed by atoms with van der Waals surface area (Å²) in [7, 11) is 2.56. The number of allylic oxidation sites excluding steroid dienone is 1. The van der Waals surface area contributed by atoms with Gasteiger partial charge in [0.05, 0.1) is 25.7 Å². The number of benzene rings is 1. The number of hydrogen-bond donors (Lipinski definition) is 0. The van der Waals surface area contributed by atoms with Crippen molar-refractivity contribution >= 4 is 23.4 Å². The maximum absolute atomic E-state index is 13.5. The van der Waals surface area contributed by atoms with Crippen molar-refractivity contribution < 1.29 is 33.3 Å². The number of esters is 2. The van der Waals surface area contributed by atoms with E-state index in [1.54, 1.807) is 25.1 Å². The Morgan fingerprint density at radius 1 is 1.10 bits per heavy atom. The van der Waals surface area contributed by atoms with Gasteiger partial charge in [0.15, 0.2) is 17.3 Å². The minimum absolute atomic E-state index is 0.110. The Labute approximate surface area is 173 Å². The van der Waals surface area contributed by atoms with Crippen LogP contribution in [0.5, 0.6) is 11.5 Å². The van der Waals surface area contributed by atoms with Gasteiger partial charge in [0.1, 0.15) is 5.92 Å². The van der Waals surface area contributed by atoms with Crippen LogP contribution in [-0.4, -0.2) is 44.4 Å². The van der Waals surface area contributed by atoms with Crippen LogP contribution < -0.4 is 9.47 Å². The van der Waals surface area contributed by atoms with E-state index in [2.05, 4.69) is 4.99 Å². The standard InChI is InChI=1S/C22H23NO7/c1-10-7-13-19(20(24)16(10)21(25)27-3)18(17(11(2)23-13)22(26)28-4)12-5-6-14-15(8-12)30-9-29-14/h5-6,8,10,16,18-19H,7,9H2,1-4H3/t10-,16-,18-,19?/m0/s1. The largest absolute Gasteiger partial charge is 0.468 e. The Kier molecular flexibility index (Phi) is 5.09. The topological polar surface area (TPSA) is 100 Å². The van der Waals surface area contributed by atoms with Gasteiger partial charge in [0, 0.05) is 17.3 Å².